The van der Waals surface area contributed by atoms with Crippen molar-refractivity contribution in [3.63, 3.8) is 0 Å². The second-order valence-electron chi connectivity index (χ2n) is 4.35. The van der Waals surface area contributed by atoms with Gasteiger partial charge in [-0.15, -0.1) is 0 Å². The number of halogens is 3. The molecule has 0 aromatic heterocycles. The lowest BCUT2D eigenvalue weighted by atomic mass is 10.0. The summed E-state index contributed by atoms with van der Waals surface area (Å²) in [5.74, 6) is 0.104. The second kappa shape index (κ2) is 6.57. The third-order valence-electron chi connectivity index (χ3n) is 2.96. The van der Waals surface area contributed by atoms with E-state index in [4.69, 9.17) is 16.3 Å². The van der Waals surface area contributed by atoms with Gasteiger partial charge < -0.3 is 9.84 Å². The van der Waals surface area contributed by atoms with E-state index >= 15 is 0 Å². The van der Waals surface area contributed by atoms with Gasteiger partial charge in [-0.3, -0.25) is 0 Å². The summed E-state index contributed by atoms with van der Waals surface area (Å²) in [6.45, 7) is 0. The van der Waals surface area contributed by atoms with E-state index in [0.717, 1.165) is 4.47 Å². The number of hydrogen-bond donors (Lipinski definition) is 1. The first kappa shape index (κ1) is 15.3. The van der Waals surface area contributed by atoms with Crippen molar-refractivity contribution in [3.05, 3.63) is 62.8 Å². The van der Waals surface area contributed by atoms with Crippen LogP contribution in [0, 0.1) is 5.82 Å². The van der Waals surface area contributed by atoms with Crippen LogP contribution in [0.4, 0.5) is 4.39 Å². The normalized spacial score (nSPS) is 12.2. The average molecular weight is 360 g/mol. The van der Waals surface area contributed by atoms with Gasteiger partial charge in [0.2, 0.25) is 0 Å². The number of ether oxygens (including phenoxy) is 1. The van der Waals surface area contributed by atoms with Crippen molar-refractivity contribution in [2.24, 2.45) is 0 Å². The third kappa shape index (κ3) is 3.51. The van der Waals surface area contributed by atoms with Crippen molar-refractivity contribution in [2.45, 2.75) is 12.5 Å². The van der Waals surface area contributed by atoms with Crippen molar-refractivity contribution in [2.75, 3.05) is 7.11 Å². The predicted molar refractivity (Wildman–Crippen MR) is 80.8 cm³/mol. The molecule has 0 spiro atoms. The molecule has 2 aromatic rings. The maximum atomic E-state index is 13.4. The lowest BCUT2D eigenvalue weighted by Gasteiger charge is -2.15. The standard InChI is InChI=1S/C15H13BrClFO2/c1-20-15-5-3-10(16)8-11(15)14(19)7-9-2-4-12(17)13(18)6-9/h2-6,8,14,19H,7H2,1H3. The Hall–Kier alpha value is -1.10. The van der Waals surface area contributed by atoms with Crippen molar-refractivity contribution in [1.29, 1.82) is 0 Å². The Morgan fingerprint density at radius 3 is 2.70 bits per heavy atom. The van der Waals surface area contributed by atoms with E-state index in [1.54, 1.807) is 25.3 Å². The lowest BCUT2D eigenvalue weighted by Crippen LogP contribution is -2.04. The summed E-state index contributed by atoms with van der Waals surface area (Å²) in [6, 6.07) is 9.89. The van der Waals surface area contributed by atoms with Crippen LogP contribution >= 0.6 is 27.5 Å². The molecule has 0 heterocycles. The van der Waals surface area contributed by atoms with Gasteiger partial charge in [-0.2, -0.15) is 0 Å². The van der Waals surface area contributed by atoms with E-state index in [2.05, 4.69) is 15.9 Å². The minimum atomic E-state index is -0.789. The van der Waals surface area contributed by atoms with Gasteiger partial charge in [0.1, 0.15) is 11.6 Å². The van der Waals surface area contributed by atoms with E-state index in [0.29, 0.717) is 16.9 Å². The fourth-order valence-corrected chi connectivity index (χ4v) is 2.46. The molecule has 1 unspecified atom stereocenters. The summed E-state index contributed by atoms with van der Waals surface area (Å²) in [5.41, 5.74) is 1.32. The molecule has 2 aromatic carbocycles. The highest BCUT2D eigenvalue weighted by molar-refractivity contribution is 9.10. The van der Waals surface area contributed by atoms with Crippen LogP contribution in [0.15, 0.2) is 40.9 Å². The molecule has 106 valence electrons. The molecule has 20 heavy (non-hydrogen) atoms. The Morgan fingerprint density at radius 1 is 1.30 bits per heavy atom. The molecule has 0 saturated carbocycles. The first-order valence-corrected chi connectivity index (χ1v) is 7.14. The van der Waals surface area contributed by atoms with Crippen LogP contribution in [0.25, 0.3) is 0 Å². The quantitative estimate of drug-likeness (QED) is 0.869. The summed E-state index contributed by atoms with van der Waals surface area (Å²) in [7, 11) is 1.54. The van der Waals surface area contributed by atoms with Gasteiger partial charge in [-0.1, -0.05) is 33.6 Å². The van der Waals surface area contributed by atoms with Crippen LogP contribution in [-0.2, 0) is 6.42 Å². The molecule has 0 fully saturated rings. The summed E-state index contributed by atoms with van der Waals surface area (Å²) in [4.78, 5) is 0. The molecule has 5 heteroatoms. The minimum Gasteiger partial charge on any atom is -0.496 e. The number of benzene rings is 2. The highest BCUT2D eigenvalue weighted by Crippen LogP contribution is 2.30. The summed E-state index contributed by atoms with van der Waals surface area (Å²) >= 11 is 9.00. The molecule has 0 radical (unpaired) electrons. The van der Waals surface area contributed by atoms with E-state index in [9.17, 15) is 9.50 Å². The number of aliphatic hydroxyl groups is 1. The van der Waals surface area contributed by atoms with E-state index < -0.39 is 11.9 Å². The van der Waals surface area contributed by atoms with Gasteiger partial charge in [-0.05, 0) is 35.9 Å². The van der Waals surface area contributed by atoms with Crippen molar-refractivity contribution >= 4 is 27.5 Å². The average Bonchev–Trinajstić information content (AvgIpc) is 2.43. The number of aliphatic hydroxyl groups excluding tert-OH is 1. The predicted octanol–water partition coefficient (Wildman–Crippen LogP) is 4.53. The Balaban J connectivity index is 2.25. The topological polar surface area (TPSA) is 29.5 Å². The van der Waals surface area contributed by atoms with Gasteiger partial charge in [0.15, 0.2) is 0 Å². The molecule has 1 atom stereocenters. The monoisotopic (exact) mass is 358 g/mol. The van der Waals surface area contributed by atoms with Crippen LogP contribution in [0.1, 0.15) is 17.2 Å². The van der Waals surface area contributed by atoms with Gasteiger partial charge in [-0.25, -0.2) is 4.39 Å². The SMILES string of the molecule is COc1ccc(Br)cc1C(O)Cc1ccc(Cl)c(F)c1. The van der Waals surface area contributed by atoms with Crippen LogP contribution < -0.4 is 4.74 Å². The molecule has 0 saturated heterocycles. The maximum Gasteiger partial charge on any atom is 0.142 e. The molecular weight excluding hydrogens is 347 g/mol. The molecule has 0 aliphatic carbocycles. The van der Waals surface area contributed by atoms with Crippen LogP contribution in [0.2, 0.25) is 5.02 Å². The van der Waals surface area contributed by atoms with E-state index in [-0.39, 0.29) is 11.4 Å². The number of rotatable bonds is 4. The fraction of sp³-hybridized carbons (Fsp3) is 0.200. The maximum absolute atomic E-state index is 13.4. The molecule has 0 bridgehead atoms. The summed E-state index contributed by atoms with van der Waals surface area (Å²) in [6.07, 6.45) is -0.510. The second-order valence-corrected chi connectivity index (χ2v) is 5.68. The molecule has 2 rings (SSSR count). The third-order valence-corrected chi connectivity index (χ3v) is 3.76. The Bertz CT molecular complexity index is 619. The Labute approximate surface area is 130 Å². The highest BCUT2D eigenvalue weighted by Gasteiger charge is 2.15. The molecule has 0 amide bonds. The van der Waals surface area contributed by atoms with Crippen LogP contribution in [0.3, 0.4) is 0 Å². The highest BCUT2D eigenvalue weighted by atomic mass is 79.9. The lowest BCUT2D eigenvalue weighted by molar-refractivity contribution is 0.174. The molecule has 0 aliphatic rings. The zero-order valence-electron chi connectivity index (χ0n) is 10.7. The zero-order chi connectivity index (χ0) is 14.7. The van der Waals surface area contributed by atoms with Gasteiger partial charge in [0, 0.05) is 16.5 Å². The molecular formula is C15H13BrClFO2. The Morgan fingerprint density at radius 2 is 2.05 bits per heavy atom. The Kier molecular flexibility index (Phi) is 5.02. The first-order chi connectivity index (χ1) is 9.51. The largest absolute Gasteiger partial charge is 0.496 e. The van der Waals surface area contributed by atoms with Crippen LogP contribution in [-0.4, -0.2) is 12.2 Å². The van der Waals surface area contributed by atoms with E-state index in [1.165, 1.54) is 12.1 Å². The van der Waals surface area contributed by atoms with Gasteiger partial charge in [0.25, 0.3) is 0 Å². The zero-order valence-corrected chi connectivity index (χ0v) is 13.1. The van der Waals surface area contributed by atoms with Crippen molar-refractivity contribution in [1.82, 2.24) is 0 Å². The molecule has 2 nitrogen and oxygen atoms in total. The summed E-state index contributed by atoms with van der Waals surface area (Å²) in [5, 5.41) is 10.4. The molecule has 1 N–H and O–H groups in total. The van der Waals surface area contributed by atoms with Gasteiger partial charge >= 0.3 is 0 Å². The van der Waals surface area contributed by atoms with Crippen LogP contribution in [0.5, 0.6) is 5.75 Å². The summed E-state index contributed by atoms with van der Waals surface area (Å²) < 4.78 is 19.5. The van der Waals surface area contributed by atoms with Crippen molar-refractivity contribution in [3.8, 4) is 5.75 Å². The fourth-order valence-electron chi connectivity index (χ4n) is 1.97. The number of hydrogen-bond acceptors (Lipinski definition) is 2. The van der Waals surface area contributed by atoms with Crippen molar-refractivity contribution < 1.29 is 14.2 Å². The smallest absolute Gasteiger partial charge is 0.142 e. The first-order valence-electron chi connectivity index (χ1n) is 5.96. The molecule has 0 aliphatic heterocycles. The van der Waals surface area contributed by atoms with E-state index in [1.807, 2.05) is 6.07 Å². The van der Waals surface area contributed by atoms with Gasteiger partial charge in [0.05, 0.1) is 18.2 Å². The minimum absolute atomic E-state index is 0.0725. The number of methoxy groups -OCH3 is 1.